The number of non-ortho nitro benzene ring substituents is 1. The van der Waals surface area contributed by atoms with Crippen molar-refractivity contribution in [3.05, 3.63) is 58.5 Å². The fraction of sp³-hybridized carbons (Fsp3) is 0.353. The van der Waals surface area contributed by atoms with E-state index >= 15 is 0 Å². The lowest BCUT2D eigenvalue weighted by Gasteiger charge is -2.34. The molecule has 10 heteroatoms. The van der Waals surface area contributed by atoms with E-state index < -0.39 is 14.9 Å². The second kappa shape index (κ2) is 7.89. The molecular formula is C17H19N3O6S. The zero-order chi connectivity index (χ0) is 19.4. The van der Waals surface area contributed by atoms with Gasteiger partial charge in [0.25, 0.3) is 5.69 Å². The normalized spacial score (nSPS) is 15.6. The van der Waals surface area contributed by atoms with E-state index in [9.17, 15) is 23.3 Å². The largest absolute Gasteiger partial charge is 0.469 e. The third-order valence-corrected chi connectivity index (χ3v) is 6.35. The lowest BCUT2D eigenvalue weighted by Crippen LogP contribution is -2.50. The summed E-state index contributed by atoms with van der Waals surface area (Å²) in [5.41, 5.74) is -0.166. The standard InChI is InChI=1S/C17H19N3O6S/c21-17(8-5-15-2-1-13-26-15)18-9-11-19(12-10-18)27(24,25)16-6-3-14(4-7-16)20(22)23/h1-4,6-7,13H,5,8-12H2. The summed E-state index contributed by atoms with van der Waals surface area (Å²) in [4.78, 5) is 24.0. The highest BCUT2D eigenvalue weighted by molar-refractivity contribution is 7.89. The minimum atomic E-state index is -3.74. The summed E-state index contributed by atoms with van der Waals surface area (Å²) < 4.78 is 31.8. The van der Waals surface area contributed by atoms with E-state index in [2.05, 4.69) is 0 Å². The molecule has 0 N–H and O–H groups in total. The maximum atomic E-state index is 12.7. The molecule has 0 spiro atoms. The molecule has 1 aliphatic heterocycles. The molecule has 144 valence electrons. The Bertz CT molecular complexity index is 901. The predicted octanol–water partition coefficient (Wildman–Crippen LogP) is 1.65. The maximum absolute atomic E-state index is 12.7. The van der Waals surface area contributed by atoms with Crippen LogP contribution < -0.4 is 0 Å². The highest BCUT2D eigenvalue weighted by Crippen LogP contribution is 2.21. The Morgan fingerprint density at radius 3 is 2.33 bits per heavy atom. The van der Waals surface area contributed by atoms with Crippen LogP contribution in [0.5, 0.6) is 0 Å². The first-order chi connectivity index (χ1) is 12.9. The maximum Gasteiger partial charge on any atom is 0.269 e. The van der Waals surface area contributed by atoms with Gasteiger partial charge in [-0.1, -0.05) is 0 Å². The predicted molar refractivity (Wildman–Crippen MR) is 95.5 cm³/mol. The molecule has 0 unspecified atom stereocenters. The van der Waals surface area contributed by atoms with Gasteiger partial charge in [0.15, 0.2) is 0 Å². The van der Waals surface area contributed by atoms with Crippen molar-refractivity contribution in [1.29, 1.82) is 0 Å². The van der Waals surface area contributed by atoms with Crippen LogP contribution in [0.2, 0.25) is 0 Å². The van der Waals surface area contributed by atoms with Crippen molar-refractivity contribution in [2.24, 2.45) is 0 Å². The van der Waals surface area contributed by atoms with Gasteiger partial charge in [-0.25, -0.2) is 8.42 Å². The van der Waals surface area contributed by atoms with Gasteiger partial charge in [-0.3, -0.25) is 14.9 Å². The molecule has 1 saturated heterocycles. The molecule has 1 aliphatic rings. The van der Waals surface area contributed by atoms with Crippen molar-refractivity contribution in [2.75, 3.05) is 26.2 Å². The fourth-order valence-corrected chi connectivity index (χ4v) is 4.33. The van der Waals surface area contributed by atoms with Crippen molar-refractivity contribution in [3.8, 4) is 0 Å². The number of benzene rings is 1. The van der Waals surface area contributed by atoms with Gasteiger partial charge in [0.2, 0.25) is 15.9 Å². The van der Waals surface area contributed by atoms with Gasteiger partial charge in [0.05, 0.1) is 16.1 Å². The first kappa shape index (κ1) is 19.1. The van der Waals surface area contributed by atoms with Crippen LogP contribution in [0.15, 0.2) is 52.0 Å². The molecule has 0 atom stereocenters. The van der Waals surface area contributed by atoms with Crippen LogP contribution >= 0.6 is 0 Å². The van der Waals surface area contributed by atoms with E-state index in [0.717, 1.165) is 5.76 Å². The third-order valence-electron chi connectivity index (χ3n) is 4.44. The molecule has 9 nitrogen and oxygen atoms in total. The van der Waals surface area contributed by atoms with Crippen LogP contribution in [0.3, 0.4) is 0 Å². The van der Waals surface area contributed by atoms with Crippen molar-refractivity contribution < 1.29 is 22.6 Å². The first-order valence-electron chi connectivity index (χ1n) is 8.43. The number of nitro groups is 1. The van der Waals surface area contributed by atoms with Gasteiger partial charge in [-0.15, -0.1) is 0 Å². The number of carbonyl (C=O) groups excluding carboxylic acids is 1. The summed E-state index contributed by atoms with van der Waals surface area (Å²) in [6, 6.07) is 8.37. The van der Waals surface area contributed by atoms with E-state index in [1.807, 2.05) is 6.07 Å². The number of hydrogen-bond donors (Lipinski definition) is 0. The van der Waals surface area contributed by atoms with Gasteiger partial charge in [-0.05, 0) is 24.3 Å². The minimum absolute atomic E-state index is 0.00527. The Labute approximate surface area is 156 Å². The summed E-state index contributed by atoms with van der Waals surface area (Å²) >= 11 is 0. The number of aryl methyl sites for hydroxylation is 1. The molecule has 1 aromatic heterocycles. The van der Waals surface area contributed by atoms with Crippen LogP contribution in [0.1, 0.15) is 12.2 Å². The molecule has 0 aliphatic carbocycles. The Hall–Kier alpha value is -2.72. The molecule has 27 heavy (non-hydrogen) atoms. The van der Waals surface area contributed by atoms with Crippen molar-refractivity contribution in [2.45, 2.75) is 17.7 Å². The summed E-state index contributed by atoms with van der Waals surface area (Å²) in [6.45, 7) is 0.990. The molecule has 0 saturated carbocycles. The monoisotopic (exact) mass is 393 g/mol. The smallest absolute Gasteiger partial charge is 0.269 e. The number of amides is 1. The van der Waals surface area contributed by atoms with Gasteiger partial charge in [0, 0.05) is 51.2 Å². The molecule has 1 aromatic carbocycles. The summed E-state index contributed by atoms with van der Waals surface area (Å²) in [7, 11) is -3.74. The van der Waals surface area contributed by atoms with Gasteiger partial charge >= 0.3 is 0 Å². The summed E-state index contributed by atoms with van der Waals surface area (Å²) in [5.74, 6) is 0.696. The fourth-order valence-electron chi connectivity index (χ4n) is 2.91. The number of hydrogen-bond acceptors (Lipinski definition) is 6. The zero-order valence-electron chi connectivity index (χ0n) is 14.5. The number of nitrogens with zero attached hydrogens (tertiary/aromatic N) is 3. The van der Waals surface area contributed by atoms with Crippen molar-refractivity contribution in [1.82, 2.24) is 9.21 Å². The number of sulfonamides is 1. The second-order valence-electron chi connectivity index (χ2n) is 6.12. The van der Waals surface area contributed by atoms with E-state index in [1.54, 1.807) is 17.2 Å². The summed E-state index contributed by atoms with van der Waals surface area (Å²) in [5, 5.41) is 10.7. The lowest BCUT2D eigenvalue weighted by atomic mass is 10.2. The molecule has 3 rings (SSSR count). The topological polar surface area (TPSA) is 114 Å². The van der Waals surface area contributed by atoms with E-state index in [4.69, 9.17) is 4.42 Å². The third kappa shape index (κ3) is 4.34. The highest BCUT2D eigenvalue weighted by Gasteiger charge is 2.30. The quantitative estimate of drug-likeness (QED) is 0.545. The molecule has 1 fully saturated rings. The number of carbonyl (C=O) groups is 1. The van der Waals surface area contributed by atoms with Crippen LogP contribution in [0.25, 0.3) is 0 Å². The first-order valence-corrected chi connectivity index (χ1v) is 9.87. The van der Waals surface area contributed by atoms with Crippen LogP contribution in [-0.4, -0.2) is 54.6 Å². The van der Waals surface area contributed by atoms with Gasteiger partial charge in [-0.2, -0.15) is 4.31 Å². The Kier molecular flexibility index (Phi) is 5.57. The lowest BCUT2D eigenvalue weighted by molar-refractivity contribution is -0.384. The molecule has 2 aromatic rings. The highest BCUT2D eigenvalue weighted by atomic mass is 32.2. The molecule has 1 amide bonds. The van der Waals surface area contributed by atoms with Crippen LogP contribution in [0.4, 0.5) is 5.69 Å². The zero-order valence-corrected chi connectivity index (χ0v) is 15.3. The van der Waals surface area contributed by atoms with E-state index in [1.165, 1.54) is 28.6 Å². The average molecular weight is 393 g/mol. The number of furan rings is 1. The van der Waals surface area contributed by atoms with Crippen molar-refractivity contribution in [3.63, 3.8) is 0 Å². The summed E-state index contributed by atoms with van der Waals surface area (Å²) in [6.07, 6.45) is 2.37. The SMILES string of the molecule is O=C(CCc1ccco1)N1CCN(S(=O)(=O)c2ccc([N+](=O)[O-])cc2)CC1. The Morgan fingerprint density at radius 1 is 1.11 bits per heavy atom. The Balaban J connectivity index is 1.57. The number of rotatable bonds is 6. The average Bonchev–Trinajstić information content (AvgIpc) is 3.20. The number of piperazine rings is 1. The van der Waals surface area contributed by atoms with Crippen molar-refractivity contribution >= 4 is 21.6 Å². The van der Waals surface area contributed by atoms with Crippen LogP contribution in [-0.2, 0) is 21.2 Å². The minimum Gasteiger partial charge on any atom is -0.469 e. The van der Waals surface area contributed by atoms with Gasteiger partial charge in [0.1, 0.15) is 5.76 Å². The van der Waals surface area contributed by atoms with E-state index in [0.29, 0.717) is 25.9 Å². The second-order valence-corrected chi connectivity index (χ2v) is 8.05. The molecular weight excluding hydrogens is 374 g/mol. The molecule has 0 bridgehead atoms. The van der Waals surface area contributed by atoms with Crippen LogP contribution in [0, 0.1) is 10.1 Å². The van der Waals surface area contributed by atoms with E-state index in [-0.39, 0.29) is 29.6 Å². The molecule has 0 radical (unpaired) electrons. The Morgan fingerprint density at radius 2 is 1.78 bits per heavy atom. The molecule has 2 heterocycles. The van der Waals surface area contributed by atoms with Gasteiger partial charge < -0.3 is 9.32 Å². The number of nitro benzene ring substituents is 1.